The number of anilines is 2. The van der Waals surface area contributed by atoms with E-state index in [4.69, 9.17) is 9.84 Å². The first kappa shape index (κ1) is 25.5. The molecule has 0 aliphatic heterocycles. The Kier molecular flexibility index (Phi) is 7.00. The summed E-state index contributed by atoms with van der Waals surface area (Å²) in [6.45, 7) is 3.76. The van der Waals surface area contributed by atoms with Gasteiger partial charge in [0.15, 0.2) is 5.82 Å². The highest BCUT2D eigenvalue weighted by Gasteiger charge is 2.32. The van der Waals surface area contributed by atoms with Crippen molar-refractivity contribution in [1.82, 2.24) is 19.7 Å². The minimum Gasteiger partial charge on any atom is -0.481 e. The fourth-order valence-electron chi connectivity index (χ4n) is 3.76. The number of hydrogen-bond acceptors (Lipinski definition) is 7. The van der Waals surface area contributed by atoms with Gasteiger partial charge in [-0.25, -0.2) is 14.8 Å². The molecule has 0 atom stereocenters. The number of carboxylic acid groups (broad SMARTS) is 1. The first-order valence-electron chi connectivity index (χ1n) is 11.1. The third-order valence-corrected chi connectivity index (χ3v) is 5.42. The molecule has 12 heteroatoms. The molecule has 0 amide bonds. The third kappa shape index (κ3) is 5.47. The Hall–Kier alpha value is -4.61. The van der Waals surface area contributed by atoms with E-state index in [0.29, 0.717) is 40.8 Å². The number of benzene rings is 1. The Bertz CT molecular complexity index is 1440. The van der Waals surface area contributed by atoms with Crippen LogP contribution in [0.15, 0.2) is 54.9 Å². The number of nitrogens with one attached hydrogen (secondary N) is 1. The molecule has 0 aliphatic rings. The lowest BCUT2D eigenvalue weighted by molar-refractivity contribution is -0.274. The van der Waals surface area contributed by atoms with Gasteiger partial charge in [-0.3, -0.25) is 0 Å². The van der Waals surface area contributed by atoms with Crippen molar-refractivity contribution in [1.29, 1.82) is 0 Å². The Balaban J connectivity index is 1.92. The fourth-order valence-corrected chi connectivity index (χ4v) is 3.76. The number of hydrogen-bond donors (Lipinski definition) is 2. The van der Waals surface area contributed by atoms with E-state index < -0.39 is 23.6 Å². The van der Waals surface area contributed by atoms with E-state index in [9.17, 15) is 23.1 Å². The summed E-state index contributed by atoms with van der Waals surface area (Å²) in [4.78, 5) is 20.7. The van der Waals surface area contributed by atoms with Crippen LogP contribution in [-0.4, -0.2) is 44.3 Å². The van der Waals surface area contributed by atoms with E-state index in [1.807, 2.05) is 19.9 Å². The number of rotatable bonds is 8. The van der Waals surface area contributed by atoms with Crippen molar-refractivity contribution in [2.75, 3.05) is 12.4 Å². The van der Waals surface area contributed by atoms with E-state index in [1.165, 1.54) is 13.2 Å². The SMILES string of the molecule is CCc1nn(-c2ncccc2C)c(Nc2ccc(OC(F)(F)F)cc2C(=O)O)c1-c1ccc(OC)nc1. The van der Waals surface area contributed by atoms with Crippen molar-refractivity contribution in [3.05, 3.63) is 71.7 Å². The van der Waals surface area contributed by atoms with Gasteiger partial charge in [0, 0.05) is 29.6 Å². The molecule has 0 unspecified atom stereocenters. The molecule has 0 aliphatic carbocycles. The molecular formula is C25H22F3N5O4. The van der Waals surface area contributed by atoms with Gasteiger partial charge in [0.25, 0.3) is 0 Å². The van der Waals surface area contributed by atoms with E-state index >= 15 is 0 Å². The molecule has 2 N–H and O–H groups in total. The maximum Gasteiger partial charge on any atom is 0.573 e. The van der Waals surface area contributed by atoms with Crippen molar-refractivity contribution >= 4 is 17.5 Å². The Morgan fingerprint density at radius 3 is 2.54 bits per heavy atom. The van der Waals surface area contributed by atoms with Crippen LogP contribution in [0.25, 0.3) is 16.9 Å². The molecule has 4 rings (SSSR count). The normalized spacial score (nSPS) is 11.3. The number of carboxylic acids is 1. The second-order valence-electron chi connectivity index (χ2n) is 7.85. The van der Waals surface area contributed by atoms with Crippen LogP contribution in [0.5, 0.6) is 11.6 Å². The van der Waals surface area contributed by atoms with Crippen molar-refractivity contribution in [3.8, 4) is 28.6 Å². The van der Waals surface area contributed by atoms with E-state index in [0.717, 1.165) is 17.7 Å². The van der Waals surface area contributed by atoms with E-state index in [2.05, 4.69) is 20.0 Å². The van der Waals surface area contributed by atoms with Gasteiger partial charge in [-0.1, -0.05) is 13.0 Å². The lowest BCUT2D eigenvalue weighted by atomic mass is 10.1. The average molecular weight is 513 g/mol. The molecular weight excluding hydrogens is 491 g/mol. The number of methoxy groups -OCH3 is 1. The third-order valence-electron chi connectivity index (χ3n) is 5.42. The minimum absolute atomic E-state index is 0.0298. The summed E-state index contributed by atoms with van der Waals surface area (Å²) in [6, 6.07) is 10.1. The maximum atomic E-state index is 12.7. The molecule has 192 valence electrons. The number of carbonyl (C=O) groups is 1. The molecule has 9 nitrogen and oxygen atoms in total. The second kappa shape index (κ2) is 10.2. The summed E-state index contributed by atoms with van der Waals surface area (Å²) in [5.41, 5.74) is 2.34. The van der Waals surface area contributed by atoms with Gasteiger partial charge < -0.3 is 19.9 Å². The summed E-state index contributed by atoms with van der Waals surface area (Å²) in [5, 5.41) is 17.6. The van der Waals surface area contributed by atoms with Gasteiger partial charge in [0.2, 0.25) is 5.88 Å². The molecule has 0 saturated carbocycles. The van der Waals surface area contributed by atoms with Gasteiger partial charge in [0.05, 0.1) is 24.1 Å². The summed E-state index contributed by atoms with van der Waals surface area (Å²) in [7, 11) is 1.49. The molecule has 3 aromatic heterocycles. The Morgan fingerprint density at radius 2 is 1.95 bits per heavy atom. The highest BCUT2D eigenvalue weighted by Crippen LogP contribution is 2.38. The van der Waals surface area contributed by atoms with Gasteiger partial charge in [-0.15, -0.1) is 13.2 Å². The highest BCUT2D eigenvalue weighted by molar-refractivity contribution is 5.96. The number of ether oxygens (including phenoxy) is 2. The Morgan fingerprint density at radius 1 is 1.16 bits per heavy atom. The highest BCUT2D eigenvalue weighted by atomic mass is 19.4. The largest absolute Gasteiger partial charge is 0.573 e. The average Bonchev–Trinajstić information content (AvgIpc) is 3.22. The minimum atomic E-state index is -4.97. The molecule has 3 heterocycles. The topological polar surface area (TPSA) is 111 Å². The van der Waals surface area contributed by atoms with Gasteiger partial charge in [0.1, 0.15) is 11.6 Å². The summed E-state index contributed by atoms with van der Waals surface area (Å²) in [5.74, 6) is -0.853. The molecule has 37 heavy (non-hydrogen) atoms. The number of aromatic nitrogens is 4. The van der Waals surface area contributed by atoms with Crippen molar-refractivity contribution in [2.45, 2.75) is 26.6 Å². The van der Waals surface area contributed by atoms with Crippen molar-refractivity contribution in [2.24, 2.45) is 0 Å². The number of alkyl halides is 3. The maximum absolute atomic E-state index is 12.7. The second-order valence-corrected chi connectivity index (χ2v) is 7.85. The van der Waals surface area contributed by atoms with Crippen LogP contribution in [0, 0.1) is 6.92 Å². The lowest BCUT2D eigenvalue weighted by Crippen LogP contribution is -2.17. The quantitative estimate of drug-likeness (QED) is 0.316. The van der Waals surface area contributed by atoms with Gasteiger partial charge >= 0.3 is 12.3 Å². The number of pyridine rings is 2. The van der Waals surface area contributed by atoms with Gasteiger partial charge in [-0.05, 0) is 49.2 Å². The standard InChI is InChI=1S/C25H22F3N5O4/c1-4-18-21(15-7-10-20(36-3)30-13-15)23(33(32-18)22-14(2)6-5-11-29-22)31-19-9-8-16(37-25(26,27)28)12-17(19)24(34)35/h5-13,31H,4H2,1-3H3,(H,34,35). The monoisotopic (exact) mass is 513 g/mol. The molecule has 0 fully saturated rings. The summed E-state index contributed by atoms with van der Waals surface area (Å²) in [6.07, 6.45) is -1.27. The molecule has 0 radical (unpaired) electrons. The number of aryl methyl sites for hydroxylation is 2. The zero-order valence-corrected chi connectivity index (χ0v) is 20.0. The van der Waals surface area contributed by atoms with Crippen LogP contribution in [-0.2, 0) is 6.42 Å². The summed E-state index contributed by atoms with van der Waals surface area (Å²) >= 11 is 0. The number of aromatic carboxylic acids is 1. The predicted octanol–water partition coefficient (Wildman–Crippen LogP) is 5.55. The molecule has 0 spiro atoms. The number of nitrogens with zero attached hydrogens (tertiary/aromatic N) is 4. The zero-order chi connectivity index (χ0) is 26.7. The molecule has 1 aromatic carbocycles. The van der Waals surface area contributed by atoms with Crippen LogP contribution >= 0.6 is 0 Å². The van der Waals surface area contributed by atoms with E-state index in [-0.39, 0.29) is 5.69 Å². The van der Waals surface area contributed by atoms with Crippen LogP contribution in [0.2, 0.25) is 0 Å². The summed E-state index contributed by atoms with van der Waals surface area (Å²) < 4.78 is 48.7. The predicted molar refractivity (Wildman–Crippen MR) is 129 cm³/mol. The van der Waals surface area contributed by atoms with Gasteiger partial charge in [-0.2, -0.15) is 9.78 Å². The first-order valence-corrected chi connectivity index (χ1v) is 11.1. The number of halogens is 3. The zero-order valence-electron chi connectivity index (χ0n) is 20.0. The van der Waals surface area contributed by atoms with Crippen molar-refractivity contribution in [3.63, 3.8) is 0 Å². The van der Waals surface area contributed by atoms with Crippen LogP contribution in [0.1, 0.15) is 28.5 Å². The smallest absolute Gasteiger partial charge is 0.481 e. The molecule has 0 saturated heterocycles. The fraction of sp³-hybridized carbons (Fsp3) is 0.200. The van der Waals surface area contributed by atoms with Crippen LogP contribution in [0.3, 0.4) is 0 Å². The first-order chi connectivity index (χ1) is 17.6. The van der Waals surface area contributed by atoms with E-state index in [1.54, 1.807) is 35.3 Å². The lowest BCUT2D eigenvalue weighted by Gasteiger charge is -2.16. The molecule has 4 aromatic rings. The van der Waals surface area contributed by atoms with Crippen molar-refractivity contribution < 1.29 is 32.5 Å². The van der Waals surface area contributed by atoms with Crippen LogP contribution in [0.4, 0.5) is 24.7 Å². The Labute approximate surface area is 209 Å². The van der Waals surface area contributed by atoms with Crippen LogP contribution < -0.4 is 14.8 Å². The molecule has 0 bridgehead atoms.